The molecule has 10 heteroatoms. The molecule has 0 amide bonds. The Bertz CT molecular complexity index is 1390. The minimum Gasteiger partial charge on any atom is -0.284 e. The Kier molecular flexibility index (Phi) is 6.22. The summed E-state index contributed by atoms with van der Waals surface area (Å²) in [5.74, 6) is -0.700. The van der Waals surface area contributed by atoms with E-state index in [1.807, 2.05) is 30.3 Å². The van der Waals surface area contributed by atoms with Gasteiger partial charge in [-0.2, -0.15) is 17.9 Å². The van der Waals surface area contributed by atoms with Crippen LogP contribution in [0.2, 0.25) is 0 Å². The highest BCUT2D eigenvalue weighted by atomic mass is 32.2. The Morgan fingerprint density at radius 2 is 1.67 bits per heavy atom. The van der Waals surface area contributed by atoms with E-state index in [2.05, 4.69) is 9.82 Å². The van der Waals surface area contributed by atoms with Crippen LogP contribution in [0.4, 0.5) is 10.1 Å². The molecule has 1 atom stereocenters. The molecule has 1 heterocycles. The monoisotopic (exact) mass is 487 g/mol. The fourth-order valence-corrected chi connectivity index (χ4v) is 5.63. The number of hydrogen-bond donors (Lipinski definition) is 1. The van der Waals surface area contributed by atoms with E-state index in [1.165, 1.54) is 18.2 Å². The lowest BCUT2D eigenvalue weighted by Gasteiger charge is -2.23. The van der Waals surface area contributed by atoms with E-state index in [9.17, 15) is 21.2 Å². The molecule has 1 aliphatic heterocycles. The predicted molar refractivity (Wildman–Crippen MR) is 125 cm³/mol. The first kappa shape index (κ1) is 22.9. The molecule has 0 spiro atoms. The summed E-state index contributed by atoms with van der Waals surface area (Å²) < 4.78 is 67.6. The molecule has 4 rings (SSSR count). The molecule has 3 aromatic rings. The number of nitrogens with one attached hydrogen (secondary N) is 1. The number of anilines is 1. The van der Waals surface area contributed by atoms with Crippen LogP contribution >= 0.6 is 0 Å². The zero-order chi connectivity index (χ0) is 23.6. The molecule has 0 bridgehead atoms. The first-order chi connectivity index (χ1) is 15.7. The third-order valence-corrected chi connectivity index (χ3v) is 8.25. The van der Waals surface area contributed by atoms with Gasteiger partial charge in [-0.3, -0.25) is 4.72 Å². The molecule has 0 saturated carbocycles. The van der Waals surface area contributed by atoms with Crippen molar-refractivity contribution in [3.05, 3.63) is 95.8 Å². The lowest BCUT2D eigenvalue weighted by molar-refractivity contribution is 0.371. The van der Waals surface area contributed by atoms with Gasteiger partial charge >= 0.3 is 0 Å². The standard InChI is InChI=1S/C23H22FN3O4S2/c1-2-32(28,29)26-20-13-11-17(12-14-20)22-16-23(18-7-4-3-5-8-18)27(25-22)33(30,31)21-10-6-9-19(24)15-21/h3-15,23,26H,2,16H2,1H3. The number of sulfonamides is 2. The summed E-state index contributed by atoms with van der Waals surface area (Å²) in [6.45, 7) is 1.54. The molecular formula is C23H22FN3O4S2. The summed E-state index contributed by atoms with van der Waals surface area (Å²) in [5, 5.41) is 4.42. The van der Waals surface area contributed by atoms with Crippen molar-refractivity contribution >= 4 is 31.4 Å². The van der Waals surface area contributed by atoms with Gasteiger partial charge in [-0.1, -0.05) is 48.5 Å². The van der Waals surface area contributed by atoms with Crippen LogP contribution in [-0.4, -0.2) is 32.7 Å². The van der Waals surface area contributed by atoms with E-state index < -0.39 is 31.9 Å². The van der Waals surface area contributed by atoms with Crippen LogP contribution in [0.1, 0.15) is 30.5 Å². The van der Waals surface area contributed by atoms with Crippen LogP contribution < -0.4 is 4.72 Å². The molecule has 3 aromatic carbocycles. The third kappa shape index (κ3) is 4.91. The molecule has 33 heavy (non-hydrogen) atoms. The minimum absolute atomic E-state index is 0.0485. The smallest absolute Gasteiger partial charge is 0.279 e. The van der Waals surface area contributed by atoms with Crippen LogP contribution in [0.3, 0.4) is 0 Å². The molecule has 7 nitrogen and oxygen atoms in total. The SMILES string of the molecule is CCS(=O)(=O)Nc1ccc(C2=NN(S(=O)(=O)c3cccc(F)c3)C(c3ccccc3)C2)cc1. The average Bonchev–Trinajstić information content (AvgIpc) is 3.26. The zero-order valence-corrected chi connectivity index (χ0v) is 19.4. The Morgan fingerprint density at radius 3 is 2.30 bits per heavy atom. The molecule has 1 aliphatic rings. The number of hydrazone groups is 1. The van der Waals surface area contributed by atoms with E-state index >= 15 is 0 Å². The van der Waals surface area contributed by atoms with Crippen molar-refractivity contribution in [3.63, 3.8) is 0 Å². The lowest BCUT2D eigenvalue weighted by Crippen LogP contribution is -2.27. The second-order valence-corrected chi connectivity index (χ2v) is 11.3. The van der Waals surface area contributed by atoms with Gasteiger partial charge in [-0.05, 0) is 48.4 Å². The van der Waals surface area contributed by atoms with Gasteiger partial charge in [-0.15, -0.1) is 0 Å². The Hall–Kier alpha value is -3.24. The van der Waals surface area contributed by atoms with Crippen molar-refractivity contribution < 1.29 is 21.2 Å². The van der Waals surface area contributed by atoms with Crippen LogP contribution in [0.15, 0.2) is 88.9 Å². The Morgan fingerprint density at radius 1 is 0.970 bits per heavy atom. The normalized spacial score (nSPS) is 16.5. The van der Waals surface area contributed by atoms with E-state index in [4.69, 9.17) is 0 Å². The quantitative estimate of drug-likeness (QED) is 0.542. The number of benzene rings is 3. The Balaban J connectivity index is 1.71. The maximum absolute atomic E-state index is 13.8. The van der Waals surface area contributed by atoms with Crippen molar-refractivity contribution in [1.82, 2.24) is 4.41 Å². The van der Waals surface area contributed by atoms with E-state index in [0.29, 0.717) is 23.4 Å². The fraction of sp³-hybridized carbons (Fsp3) is 0.174. The van der Waals surface area contributed by atoms with Gasteiger partial charge in [0.1, 0.15) is 5.82 Å². The van der Waals surface area contributed by atoms with E-state index in [0.717, 1.165) is 16.0 Å². The Labute approximate surface area is 192 Å². The maximum Gasteiger partial charge on any atom is 0.279 e. The van der Waals surface area contributed by atoms with Gasteiger partial charge in [0.2, 0.25) is 10.0 Å². The summed E-state index contributed by atoms with van der Waals surface area (Å²) in [7, 11) is -7.53. The number of hydrogen-bond acceptors (Lipinski definition) is 5. The molecule has 172 valence electrons. The van der Waals surface area contributed by atoms with Crippen LogP contribution in [0, 0.1) is 5.82 Å². The zero-order valence-electron chi connectivity index (χ0n) is 17.7. The van der Waals surface area contributed by atoms with Gasteiger partial charge in [0.15, 0.2) is 0 Å². The molecule has 0 radical (unpaired) electrons. The van der Waals surface area contributed by atoms with Crippen molar-refractivity contribution in [3.8, 4) is 0 Å². The van der Waals surface area contributed by atoms with Crippen molar-refractivity contribution in [1.29, 1.82) is 0 Å². The van der Waals surface area contributed by atoms with Crippen LogP contribution in [-0.2, 0) is 20.0 Å². The number of nitrogens with zero attached hydrogens (tertiary/aromatic N) is 2. The summed E-state index contributed by atoms with van der Waals surface area (Å²) in [6.07, 6.45) is 0.304. The topological polar surface area (TPSA) is 95.9 Å². The molecule has 1 N–H and O–H groups in total. The molecular weight excluding hydrogens is 465 g/mol. The first-order valence-electron chi connectivity index (χ1n) is 10.2. The van der Waals surface area contributed by atoms with Crippen molar-refractivity contribution in [2.24, 2.45) is 5.10 Å². The van der Waals surface area contributed by atoms with E-state index in [-0.39, 0.29) is 10.6 Å². The number of halogens is 1. The third-order valence-electron chi connectivity index (χ3n) is 5.27. The molecule has 0 aliphatic carbocycles. The molecule has 1 unspecified atom stereocenters. The second kappa shape index (κ2) is 8.95. The highest BCUT2D eigenvalue weighted by molar-refractivity contribution is 7.92. The van der Waals surface area contributed by atoms with Crippen molar-refractivity contribution in [2.75, 3.05) is 10.5 Å². The summed E-state index contributed by atoms with van der Waals surface area (Å²) in [6, 6.07) is 19.9. The van der Waals surface area contributed by atoms with Crippen molar-refractivity contribution in [2.45, 2.75) is 24.3 Å². The minimum atomic E-state index is -4.12. The molecule has 0 saturated heterocycles. The predicted octanol–water partition coefficient (Wildman–Crippen LogP) is 4.13. The van der Waals surface area contributed by atoms with E-state index in [1.54, 1.807) is 31.2 Å². The van der Waals surface area contributed by atoms with Gasteiger partial charge in [0.25, 0.3) is 10.0 Å². The first-order valence-corrected chi connectivity index (χ1v) is 13.3. The average molecular weight is 488 g/mol. The molecule has 0 fully saturated rings. The van der Waals surface area contributed by atoms with Gasteiger partial charge in [0, 0.05) is 12.1 Å². The highest BCUT2D eigenvalue weighted by Crippen LogP contribution is 2.37. The maximum atomic E-state index is 13.8. The summed E-state index contributed by atoms with van der Waals surface area (Å²) in [5.41, 5.74) is 2.34. The number of rotatable bonds is 7. The lowest BCUT2D eigenvalue weighted by atomic mass is 9.99. The fourth-order valence-electron chi connectivity index (χ4n) is 3.53. The summed E-state index contributed by atoms with van der Waals surface area (Å²) in [4.78, 5) is -0.183. The van der Waals surface area contributed by atoms with Gasteiger partial charge < -0.3 is 0 Å². The summed E-state index contributed by atoms with van der Waals surface area (Å²) >= 11 is 0. The molecule has 0 aromatic heterocycles. The highest BCUT2D eigenvalue weighted by Gasteiger charge is 2.37. The van der Waals surface area contributed by atoms with Gasteiger partial charge in [0.05, 0.1) is 22.4 Å². The largest absolute Gasteiger partial charge is 0.284 e. The second-order valence-electron chi connectivity index (χ2n) is 7.50. The van der Waals surface area contributed by atoms with Crippen LogP contribution in [0.25, 0.3) is 0 Å². The van der Waals surface area contributed by atoms with Crippen LogP contribution in [0.5, 0.6) is 0 Å². The van der Waals surface area contributed by atoms with Gasteiger partial charge in [-0.25, -0.2) is 12.8 Å².